The minimum absolute atomic E-state index is 0.0426. The molecule has 0 bridgehead atoms. The number of carboxylic acid groups (broad SMARTS) is 1. The third-order valence-electron chi connectivity index (χ3n) is 4.56. The zero-order valence-electron chi connectivity index (χ0n) is 11.8. The summed E-state index contributed by atoms with van der Waals surface area (Å²) >= 11 is 0. The largest absolute Gasteiger partial charge is 0.479 e. The molecule has 1 heterocycles. The second kappa shape index (κ2) is 6.92. The Morgan fingerprint density at radius 3 is 2.60 bits per heavy atom. The van der Waals surface area contributed by atoms with Gasteiger partial charge >= 0.3 is 12.0 Å². The number of carbonyl (C=O) groups is 2. The van der Waals surface area contributed by atoms with Crippen LogP contribution in [0.15, 0.2) is 0 Å². The number of aliphatic carboxylic acids is 1. The van der Waals surface area contributed by atoms with Crippen molar-refractivity contribution in [3.05, 3.63) is 0 Å². The van der Waals surface area contributed by atoms with Gasteiger partial charge in [0.05, 0.1) is 0 Å². The van der Waals surface area contributed by atoms with Crippen molar-refractivity contribution in [3.63, 3.8) is 0 Å². The number of hydrogen-bond donors (Lipinski definition) is 3. The number of piperidine rings is 1. The van der Waals surface area contributed by atoms with Crippen molar-refractivity contribution in [2.24, 2.45) is 11.8 Å². The van der Waals surface area contributed by atoms with E-state index in [-0.39, 0.29) is 19.0 Å². The molecule has 2 unspecified atom stereocenters. The molecule has 0 aromatic carbocycles. The fourth-order valence-electron chi connectivity index (χ4n) is 3.34. The van der Waals surface area contributed by atoms with Crippen LogP contribution >= 0.6 is 0 Å². The third kappa shape index (κ3) is 3.85. The number of aliphatic hydroxyl groups excluding tert-OH is 1. The molecule has 1 aliphatic carbocycles. The van der Waals surface area contributed by atoms with Crippen LogP contribution in [-0.4, -0.2) is 52.9 Å². The van der Waals surface area contributed by atoms with Crippen LogP contribution in [0, 0.1) is 11.8 Å². The number of fused-ring (bicyclic) bond motifs is 1. The topological polar surface area (TPSA) is 89.9 Å². The highest BCUT2D eigenvalue weighted by molar-refractivity contribution is 5.74. The number of urea groups is 1. The zero-order chi connectivity index (χ0) is 14.5. The molecule has 114 valence electrons. The average molecular weight is 284 g/mol. The molecule has 0 radical (unpaired) electrons. The Balaban J connectivity index is 1.71. The Morgan fingerprint density at radius 1 is 1.20 bits per heavy atom. The first-order valence-corrected chi connectivity index (χ1v) is 7.51. The van der Waals surface area contributed by atoms with Crippen LogP contribution in [0.1, 0.15) is 38.5 Å². The van der Waals surface area contributed by atoms with Crippen molar-refractivity contribution in [1.29, 1.82) is 0 Å². The van der Waals surface area contributed by atoms with Crippen LogP contribution in [0.3, 0.4) is 0 Å². The molecule has 6 heteroatoms. The fraction of sp³-hybridized carbons (Fsp3) is 0.857. The molecule has 3 N–H and O–H groups in total. The molecule has 20 heavy (non-hydrogen) atoms. The molecule has 1 aliphatic heterocycles. The van der Waals surface area contributed by atoms with Gasteiger partial charge in [-0.2, -0.15) is 0 Å². The van der Waals surface area contributed by atoms with Gasteiger partial charge in [0.25, 0.3) is 0 Å². The number of hydrogen-bond acceptors (Lipinski definition) is 3. The van der Waals surface area contributed by atoms with E-state index in [9.17, 15) is 9.59 Å². The van der Waals surface area contributed by atoms with Gasteiger partial charge in [-0.05, 0) is 24.7 Å². The lowest BCUT2D eigenvalue weighted by Crippen LogP contribution is -2.49. The number of carbonyl (C=O) groups excluding carboxylic acids is 1. The van der Waals surface area contributed by atoms with Crippen molar-refractivity contribution in [3.8, 4) is 0 Å². The van der Waals surface area contributed by atoms with E-state index in [1.165, 1.54) is 25.7 Å². The van der Waals surface area contributed by atoms with Crippen LogP contribution in [0.5, 0.6) is 0 Å². The second-order valence-corrected chi connectivity index (χ2v) is 5.91. The van der Waals surface area contributed by atoms with Gasteiger partial charge in [0.2, 0.25) is 0 Å². The maximum Gasteiger partial charge on any atom is 0.332 e. The lowest BCUT2D eigenvalue weighted by Gasteiger charge is -2.41. The van der Waals surface area contributed by atoms with Gasteiger partial charge in [-0.1, -0.05) is 19.3 Å². The van der Waals surface area contributed by atoms with Crippen molar-refractivity contribution in [2.75, 3.05) is 19.6 Å². The van der Waals surface area contributed by atoms with Crippen LogP contribution in [0.2, 0.25) is 0 Å². The molecular formula is C14H24N2O4. The summed E-state index contributed by atoms with van der Waals surface area (Å²) in [7, 11) is 0. The van der Waals surface area contributed by atoms with E-state index in [1.807, 2.05) is 4.90 Å². The summed E-state index contributed by atoms with van der Waals surface area (Å²) in [6.45, 7) is 1.80. The van der Waals surface area contributed by atoms with Gasteiger partial charge in [-0.15, -0.1) is 0 Å². The van der Waals surface area contributed by atoms with Gasteiger partial charge in [0, 0.05) is 26.1 Å². The number of aliphatic hydroxyl groups is 1. The van der Waals surface area contributed by atoms with E-state index in [4.69, 9.17) is 10.2 Å². The van der Waals surface area contributed by atoms with Crippen molar-refractivity contribution in [1.82, 2.24) is 10.2 Å². The van der Waals surface area contributed by atoms with Crippen LogP contribution in [-0.2, 0) is 4.79 Å². The molecule has 2 aliphatic rings. The molecule has 3 atom stereocenters. The van der Waals surface area contributed by atoms with Crippen molar-refractivity contribution in [2.45, 2.75) is 44.6 Å². The lowest BCUT2D eigenvalue weighted by molar-refractivity contribution is -0.146. The Bertz CT molecular complexity index is 361. The van der Waals surface area contributed by atoms with Crippen LogP contribution in [0.25, 0.3) is 0 Å². The molecule has 2 fully saturated rings. The van der Waals surface area contributed by atoms with Crippen molar-refractivity contribution >= 4 is 12.0 Å². The predicted octanol–water partition coefficient (Wildman–Crippen LogP) is 1.04. The highest BCUT2D eigenvalue weighted by Gasteiger charge is 2.32. The first kappa shape index (κ1) is 15.1. The number of carboxylic acids is 1. The standard InChI is InChI=1S/C14H24N2O4/c17-12(13(18)19)5-7-15-14(20)16-8-6-10-3-1-2-4-11(10)9-16/h10-12,17H,1-9H2,(H,15,20)(H,18,19)/t10?,11?,12-/m0/s1. The van der Waals surface area contributed by atoms with Crippen molar-refractivity contribution < 1.29 is 19.8 Å². The third-order valence-corrected chi connectivity index (χ3v) is 4.56. The van der Waals surface area contributed by atoms with E-state index < -0.39 is 12.1 Å². The average Bonchev–Trinajstić information content (AvgIpc) is 2.46. The number of nitrogens with zero attached hydrogens (tertiary/aromatic N) is 1. The van der Waals surface area contributed by atoms with Gasteiger partial charge < -0.3 is 20.4 Å². The molecule has 0 aromatic rings. The normalized spacial score (nSPS) is 27.6. The van der Waals surface area contributed by atoms with E-state index in [0.29, 0.717) is 5.92 Å². The summed E-state index contributed by atoms with van der Waals surface area (Å²) in [5.74, 6) is 0.164. The quantitative estimate of drug-likeness (QED) is 0.719. The van der Waals surface area contributed by atoms with Gasteiger partial charge in [-0.3, -0.25) is 0 Å². The molecule has 6 nitrogen and oxygen atoms in total. The Hall–Kier alpha value is -1.30. The zero-order valence-corrected chi connectivity index (χ0v) is 11.8. The van der Waals surface area contributed by atoms with Gasteiger partial charge in [-0.25, -0.2) is 9.59 Å². The first-order valence-electron chi connectivity index (χ1n) is 7.51. The summed E-state index contributed by atoms with van der Waals surface area (Å²) in [5.41, 5.74) is 0. The van der Waals surface area contributed by atoms with Gasteiger partial charge in [0.1, 0.15) is 0 Å². The number of amides is 2. The minimum Gasteiger partial charge on any atom is -0.479 e. The van der Waals surface area contributed by atoms with Gasteiger partial charge in [0.15, 0.2) is 6.10 Å². The molecular weight excluding hydrogens is 260 g/mol. The molecule has 0 spiro atoms. The summed E-state index contributed by atoms with van der Waals surface area (Å²) in [6.07, 6.45) is 4.81. The first-order chi connectivity index (χ1) is 9.58. The highest BCUT2D eigenvalue weighted by atomic mass is 16.4. The van der Waals surface area contributed by atoms with Crippen LogP contribution < -0.4 is 5.32 Å². The summed E-state index contributed by atoms with van der Waals surface area (Å²) in [5, 5.41) is 20.4. The van der Waals surface area contributed by atoms with Crippen LogP contribution in [0.4, 0.5) is 4.79 Å². The Morgan fingerprint density at radius 2 is 1.90 bits per heavy atom. The summed E-state index contributed by atoms with van der Waals surface area (Å²) in [4.78, 5) is 24.3. The molecule has 0 aromatic heterocycles. The van der Waals surface area contributed by atoms with E-state index in [1.54, 1.807) is 0 Å². The molecule has 2 rings (SSSR count). The minimum atomic E-state index is -1.40. The SMILES string of the molecule is O=C(O)[C@@H](O)CCNC(=O)N1CCC2CCCCC2C1. The maximum atomic E-state index is 12.0. The monoisotopic (exact) mass is 284 g/mol. The smallest absolute Gasteiger partial charge is 0.332 e. The highest BCUT2D eigenvalue weighted by Crippen LogP contribution is 2.35. The van der Waals surface area contributed by atoms with E-state index in [2.05, 4.69) is 5.32 Å². The molecule has 1 saturated heterocycles. The Kier molecular flexibility index (Phi) is 5.23. The maximum absolute atomic E-state index is 12.0. The molecule has 2 amide bonds. The second-order valence-electron chi connectivity index (χ2n) is 5.91. The number of likely N-dealkylation sites (tertiary alicyclic amines) is 1. The predicted molar refractivity (Wildman–Crippen MR) is 73.3 cm³/mol. The molecule has 1 saturated carbocycles. The number of nitrogens with one attached hydrogen (secondary N) is 1. The number of rotatable bonds is 4. The lowest BCUT2D eigenvalue weighted by atomic mass is 9.75. The fourth-order valence-corrected chi connectivity index (χ4v) is 3.34. The van der Waals surface area contributed by atoms with E-state index in [0.717, 1.165) is 25.4 Å². The summed E-state index contributed by atoms with van der Waals surface area (Å²) < 4.78 is 0. The Labute approximate surface area is 119 Å². The summed E-state index contributed by atoms with van der Waals surface area (Å²) in [6, 6.07) is -0.133. The van der Waals surface area contributed by atoms with E-state index >= 15 is 0 Å².